The summed E-state index contributed by atoms with van der Waals surface area (Å²) in [6.45, 7) is 16.1. The van der Waals surface area contributed by atoms with E-state index in [1.165, 1.54) is 99.7 Å². The molecule has 0 radical (unpaired) electrons. The zero-order valence-corrected chi connectivity index (χ0v) is 40.2. The summed E-state index contributed by atoms with van der Waals surface area (Å²) in [6.07, 6.45) is 0. The maximum Gasteiger partial charge on any atom is 0.333 e. The lowest BCUT2D eigenvalue weighted by Gasteiger charge is -2.42. The molecule has 1 unspecified atom stereocenters. The minimum absolute atomic E-state index is 0.0100. The SMILES string of the molecule is CC1c2ccccc2-c2cc3c(cc21)N(c1ccc(C(C)(C)C)cc1)B1c2ccc(N(c4ccccc4)c4ccccc4)cc2-n2c4ccc(C(C)(C)C)cc4c4c5c(oc6ccccc65)c-3c1c42. The molecule has 0 saturated heterocycles. The number of benzene rings is 9. The number of hydrogen-bond donors (Lipinski definition) is 0. The molecule has 1 aliphatic carbocycles. The molecule has 69 heavy (non-hydrogen) atoms. The van der Waals surface area contributed by atoms with Crippen LogP contribution in [0.25, 0.3) is 71.7 Å². The number of anilines is 5. The summed E-state index contributed by atoms with van der Waals surface area (Å²) in [5.74, 6) is 0.254. The van der Waals surface area contributed by atoms with Crippen molar-refractivity contribution in [3.05, 3.63) is 204 Å². The van der Waals surface area contributed by atoms with Gasteiger partial charge in [-0.1, -0.05) is 152 Å². The van der Waals surface area contributed by atoms with Crippen LogP contribution in [0.2, 0.25) is 0 Å². The molecule has 332 valence electrons. The van der Waals surface area contributed by atoms with Crippen LogP contribution in [0.1, 0.15) is 76.6 Å². The zero-order chi connectivity index (χ0) is 46.7. The van der Waals surface area contributed by atoms with Gasteiger partial charge in [-0.15, -0.1) is 0 Å². The first kappa shape index (κ1) is 40.3. The second-order valence-corrected chi connectivity index (χ2v) is 21.7. The standard InChI is InChI=1S/C64H52BN3O/c1-38-45-22-14-15-23-46(45)49-36-51-54(37-48(38)49)68(43-29-26-39(27-30-43)63(2,3)4)65-52-32-31-44(66(41-18-10-8-11-19-41)42-20-12-9-13-21-42)35-55(52)67-53-33-28-40(64(5,6)7)34-50(53)57-58-47-24-16-17-25-56(47)69-62(58)59(51)60(65)61(57)67/h8-38H,1-7H3. The fourth-order valence-corrected chi connectivity index (χ4v) is 12.3. The van der Waals surface area contributed by atoms with Gasteiger partial charge in [0.25, 0.3) is 0 Å². The molecule has 2 aromatic heterocycles. The first-order chi connectivity index (χ1) is 33.4. The van der Waals surface area contributed by atoms with Crippen molar-refractivity contribution in [2.75, 3.05) is 9.71 Å². The Morgan fingerprint density at radius 1 is 0.522 bits per heavy atom. The Morgan fingerprint density at radius 3 is 1.91 bits per heavy atom. The van der Waals surface area contributed by atoms with E-state index in [4.69, 9.17) is 4.42 Å². The molecule has 0 fully saturated rings. The number of aromatic nitrogens is 1. The fourth-order valence-electron chi connectivity index (χ4n) is 12.3. The molecule has 11 aromatic rings. The molecule has 3 aliphatic rings. The maximum absolute atomic E-state index is 7.35. The van der Waals surface area contributed by atoms with Gasteiger partial charge in [0.1, 0.15) is 11.2 Å². The molecule has 14 rings (SSSR count). The van der Waals surface area contributed by atoms with Crippen LogP contribution in [-0.2, 0) is 10.8 Å². The largest absolute Gasteiger partial charge is 0.455 e. The highest BCUT2D eigenvalue weighted by Crippen LogP contribution is 2.55. The third kappa shape index (κ3) is 5.65. The van der Waals surface area contributed by atoms with Crippen LogP contribution >= 0.6 is 0 Å². The predicted molar refractivity (Wildman–Crippen MR) is 292 cm³/mol. The summed E-state index contributed by atoms with van der Waals surface area (Å²) in [5, 5.41) is 4.84. The van der Waals surface area contributed by atoms with Crippen molar-refractivity contribution in [1.29, 1.82) is 0 Å². The van der Waals surface area contributed by atoms with Crippen molar-refractivity contribution < 1.29 is 4.42 Å². The molecule has 5 heteroatoms. The van der Waals surface area contributed by atoms with E-state index in [1.54, 1.807) is 0 Å². The molecule has 0 N–H and O–H groups in total. The average molecular weight is 890 g/mol. The number of hydrogen-bond acceptors (Lipinski definition) is 3. The topological polar surface area (TPSA) is 24.6 Å². The summed E-state index contributed by atoms with van der Waals surface area (Å²) in [7, 11) is 0. The van der Waals surface area contributed by atoms with Crippen LogP contribution < -0.4 is 20.6 Å². The van der Waals surface area contributed by atoms with E-state index in [9.17, 15) is 0 Å². The minimum atomic E-state index is -0.185. The summed E-state index contributed by atoms with van der Waals surface area (Å²) in [5.41, 5.74) is 24.1. The molecule has 2 aliphatic heterocycles. The van der Waals surface area contributed by atoms with Crippen molar-refractivity contribution in [2.45, 2.75) is 65.2 Å². The molecule has 9 aromatic carbocycles. The number of nitrogens with zero attached hydrogens (tertiary/aromatic N) is 3. The van der Waals surface area contributed by atoms with E-state index in [0.29, 0.717) is 0 Å². The normalized spacial score (nSPS) is 14.7. The van der Waals surface area contributed by atoms with Gasteiger partial charge in [-0.3, -0.25) is 0 Å². The molecule has 0 saturated carbocycles. The lowest BCUT2D eigenvalue weighted by molar-refractivity contribution is 0.590. The van der Waals surface area contributed by atoms with Gasteiger partial charge in [0, 0.05) is 72.7 Å². The number of fused-ring (bicyclic) bond motifs is 16. The first-order valence-corrected chi connectivity index (χ1v) is 24.6. The van der Waals surface area contributed by atoms with Gasteiger partial charge in [0.05, 0.1) is 11.0 Å². The Balaban J connectivity index is 1.18. The molecule has 4 heterocycles. The average Bonchev–Trinajstić information content (AvgIpc) is 4.00. The van der Waals surface area contributed by atoms with Crippen LogP contribution in [0.15, 0.2) is 186 Å². The number of rotatable bonds is 4. The second-order valence-electron chi connectivity index (χ2n) is 21.7. The van der Waals surface area contributed by atoms with Gasteiger partial charge < -0.3 is 18.7 Å². The predicted octanol–water partition coefficient (Wildman–Crippen LogP) is 16.1. The lowest BCUT2D eigenvalue weighted by atomic mass is 9.43. The molecule has 1 atom stereocenters. The zero-order valence-electron chi connectivity index (χ0n) is 40.2. The Kier molecular flexibility index (Phi) is 8.27. The van der Waals surface area contributed by atoms with Gasteiger partial charge in [-0.2, -0.15) is 0 Å². The van der Waals surface area contributed by atoms with Crippen molar-refractivity contribution >= 4 is 90.0 Å². The van der Waals surface area contributed by atoms with Crippen molar-refractivity contribution in [3.63, 3.8) is 0 Å². The molecule has 0 bridgehead atoms. The van der Waals surface area contributed by atoms with Gasteiger partial charge in [-0.05, 0) is 134 Å². The smallest absolute Gasteiger partial charge is 0.333 e. The van der Waals surface area contributed by atoms with Gasteiger partial charge in [-0.25, -0.2) is 0 Å². The van der Waals surface area contributed by atoms with Gasteiger partial charge in [0.2, 0.25) is 0 Å². The van der Waals surface area contributed by atoms with Gasteiger partial charge >= 0.3 is 6.85 Å². The summed E-state index contributed by atoms with van der Waals surface area (Å²) >= 11 is 0. The van der Waals surface area contributed by atoms with E-state index in [-0.39, 0.29) is 23.6 Å². The third-order valence-electron chi connectivity index (χ3n) is 15.7. The Bertz CT molecular complexity index is 3900. The van der Waals surface area contributed by atoms with E-state index >= 15 is 0 Å². The molecule has 0 spiro atoms. The Labute approximate surface area is 404 Å². The quantitative estimate of drug-likeness (QED) is 0.165. The van der Waals surface area contributed by atoms with E-state index in [0.717, 1.165) is 33.6 Å². The van der Waals surface area contributed by atoms with Crippen molar-refractivity contribution in [2.24, 2.45) is 0 Å². The molecule has 0 amide bonds. The highest BCUT2D eigenvalue weighted by molar-refractivity contribution is 6.94. The lowest BCUT2D eigenvalue weighted by Crippen LogP contribution is -2.60. The Hall–Kier alpha value is -7.76. The van der Waals surface area contributed by atoms with Crippen LogP contribution in [0.3, 0.4) is 0 Å². The number of para-hydroxylation sites is 3. The van der Waals surface area contributed by atoms with Crippen molar-refractivity contribution in [3.8, 4) is 27.9 Å². The van der Waals surface area contributed by atoms with E-state index in [1.807, 2.05) is 0 Å². The monoisotopic (exact) mass is 889 g/mol. The summed E-state index contributed by atoms with van der Waals surface area (Å²) < 4.78 is 9.97. The maximum atomic E-state index is 7.35. The molecular weight excluding hydrogens is 838 g/mol. The minimum Gasteiger partial charge on any atom is -0.455 e. The summed E-state index contributed by atoms with van der Waals surface area (Å²) in [4.78, 5) is 5.08. The highest BCUT2D eigenvalue weighted by atomic mass is 16.3. The van der Waals surface area contributed by atoms with Crippen LogP contribution in [0.4, 0.5) is 28.4 Å². The fraction of sp³-hybridized carbons (Fsp3) is 0.156. The van der Waals surface area contributed by atoms with Crippen molar-refractivity contribution in [1.82, 2.24) is 4.57 Å². The molecule has 4 nitrogen and oxygen atoms in total. The highest BCUT2D eigenvalue weighted by Gasteiger charge is 2.47. The van der Waals surface area contributed by atoms with E-state index < -0.39 is 0 Å². The summed E-state index contributed by atoms with van der Waals surface area (Å²) in [6, 6.07) is 68.3. The van der Waals surface area contributed by atoms with Gasteiger partial charge in [0.15, 0.2) is 0 Å². The first-order valence-electron chi connectivity index (χ1n) is 24.6. The molecular formula is C64H52BN3O. The van der Waals surface area contributed by atoms with Crippen LogP contribution in [0, 0.1) is 0 Å². The van der Waals surface area contributed by atoms with E-state index in [2.05, 4.69) is 245 Å². The number of furan rings is 1. The Morgan fingerprint density at radius 2 is 1.19 bits per heavy atom. The second kappa shape index (κ2) is 14.2. The van der Waals surface area contributed by atoms with Crippen LogP contribution in [-0.4, -0.2) is 11.4 Å². The third-order valence-corrected chi connectivity index (χ3v) is 15.7. The van der Waals surface area contributed by atoms with Crippen LogP contribution in [0.5, 0.6) is 0 Å².